The van der Waals surface area contributed by atoms with Gasteiger partial charge in [0, 0.05) is 12.4 Å². The summed E-state index contributed by atoms with van der Waals surface area (Å²) in [5, 5.41) is 4.28. The maximum Gasteiger partial charge on any atom is 0.0519 e. The molecule has 2 rings (SSSR count). The molecule has 0 aliphatic heterocycles. The van der Waals surface area contributed by atoms with Gasteiger partial charge in [-0.3, -0.25) is 4.68 Å². The minimum absolute atomic E-state index is 0.677. The topological polar surface area (TPSA) is 17.8 Å². The van der Waals surface area contributed by atoms with E-state index in [-0.39, 0.29) is 0 Å². The summed E-state index contributed by atoms with van der Waals surface area (Å²) < 4.78 is 2.12. The molecular formula is C10H16N2. The molecule has 1 aromatic heterocycles. The summed E-state index contributed by atoms with van der Waals surface area (Å²) in [6.07, 6.45) is 9.30. The van der Waals surface area contributed by atoms with Gasteiger partial charge in [-0.25, -0.2) is 0 Å². The second kappa shape index (κ2) is 3.30. The van der Waals surface area contributed by atoms with Gasteiger partial charge in [0.2, 0.25) is 0 Å². The third kappa shape index (κ3) is 1.52. The number of rotatable bonds is 1. The van der Waals surface area contributed by atoms with Crippen molar-refractivity contribution in [2.45, 2.75) is 38.6 Å². The Morgan fingerprint density at radius 3 is 2.58 bits per heavy atom. The van der Waals surface area contributed by atoms with E-state index in [1.54, 1.807) is 0 Å². The highest BCUT2D eigenvalue weighted by Crippen LogP contribution is 2.30. The maximum absolute atomic E-state index is 4.28. The molecule has 1 aromatic rings. The van der Waals surface area contributed by atoms with Gasteiger partial charge in [-0.15, -0.1) is 0 Å². The Hall–Kier alpha value is -0.790. The van der Waals surface area contributed by atoms with Crippen molar-refractivity contribution in [3.63, 3.8) is 0 Å². The van der Waals surface area contributed by atoms with Gasteiger partial charge in [0.25, 0.3) is 0 Å². The highest BCUT2D eigenvalue weighted by Gasteiger charge is 2.19. The molecule has 1 fully saturated rings. The zero-order valence-corrected chi connectivity index (χ0v) is 7.61. The van der Waals surface area contributed by atoms with Gasteiger partial charge in [-0.2, -0.15) is 5.10 Å². The molecule has 1 heterocycles. The largest absolute Gasteiger partial charge is 0.270 e. The molecule has 0 saturated heterocycles. The van der Waals surface area contributed by atoms with E-state index in [0.717, 1.165) is 5.92 Å². The van der Waals surface area contributed by atoms with Crippen LogP contribution in [0.1, 0.15) is 38.6 Å². The number of nitrogens with zero attached hydrogens (tertiary/aromatic N) is 2. The summed E-state index contributed by atoms with van der Waals surface area (Å²) in [7, 11) is 0. The van der Waals surface area contributed by atoms with Gasteiger partial charge in [-0.05, 0) is 37.7 Å². The molecule has 2 heteroatoms. The van der Waals surface area contributed by atoms with Gasteiger partial charge in [0.15, 0.2) is 0 Å². The Morgan fingerprint density at radius 1 is 1.25 bits per heavy atom. The highest BCUT2D eigenvalue weighted by atomic mass is 15.3. The molecule has 0 spiro atoms. The van der Waals surface area contributed by atoms with Crippen LogP contribution in [0.15, 0.2) is 18.5 Å². The Morgan fingerprint density at radius 2 is 2.00 bits per heavy atom. The molecule has 12 heavy (non-hydrogen) atoms. The Bertz CT molecular complexity index is 220. The smallest absolute Gasteiger partial charge is 0.0519 e. The van der Waals surface area contributed by atoms with Crippen LogP contribution in [0.5, 0.6) is 0 Å². The van der Waals surface area contributed by atoms with Crippen molar-refractivity contribution in [3.8, 4) is 0 Å². The van der Waals surface area contributed by atoms with Crippen LogP contribution in [0.25, 0.3) is 0 Å². The van der Waals surface area contributed by atoms with Crippen molar-refractivity contribution < 1.29 is 0 Å². The van der Waals surface area contributed by atoms with E-state index < -0.39 is 0 Å². The lowest BCUT2D eigenvalue weighted by atomic mass is 9.87. The summed E-state index contributed by atoms with van der Waals surface area (Å²) in [6.45, 7) is 2.35. The molecule has 0 aromatic carbocycles. The summed E-state index contributed by atoms with van der Waals surface area (Å²) in [4.78, 5) is 0. The maximum atomic E-state index is 4.28. The summed E-state index contributed by atoms with van der Waals surface area (Å²) >= 11 is 0. The van der Waals surface area contributed by atoms with Crippen molar-refractivity contribution in [3.05, 3.63) is 18.5 Å². The Balaban J connectivity index is 1.99. The fourth-order valence-corrected chi connectivity index (χ4v) is 2.00. The van der Waals surface area contributed by atoms with Crippen LogP contribution in [0, 0.1) is 5.92 Å². The van der Waals surface area contributed by atoms with Crippen LogP contribution in [0.3, 0.4) is 0 Å². The Kier molecular flexibility index (Phi) is 2.15. The van der Waals surface area contributed by atoms with Gasteiger partial charge < -0.3 is 0 Å². The van der Waals surface area contributed by atoms with E-state index >= 15 is 0 Å². The predicted molar refractivity (Wildman–Crippen MR) is 48.9 cm³/mol. The van der Waals surface area contributed by atoms with Crippen molar-refractivity contribution in [1.29, 1.82) is 0 Å². The lowest BCUT2D eigenvalue weighted by Crippen LogP contribution is -2.16. The van der Waals surface area contributed by atoms with Crippen LogP contribution < -0.4 is 0 Å². The first-order valence-corrected chi connectivity index (χ1v) is 4.85. The molecule has 2 nitrogen and oxygen atoms in total. The van der Waals surface area contributed by atoms with Crippen molar-refractivity contribution >= 4 is 0 Å². The molecule has 0 unspecified atom stereocenters. The van der Waals surface area contributed by atoms with Gasteiger partial charge >= 0.3 is 0 Å². The van der Waals surface area contributed by atoms with Crippen molar-refractivity contribution in [2.24, 2.45) is 5.92 Å². The first kappa shape index (κ1) is 7.84. The zero-order valence-electron chi connectivity index (χ0n) is 7.61. The minimum Gasteiger partial charge on any atom is -0.270 e. The summed E-state index contributed by atoms with van der Waals surface area (Å²) in [6, 6.07) is 2.69. The van der Waals surface area contributed by atoms with Gasteiger partial charge in [0.1, 0.15) is 0 Å². The van der Waals surface area contributed by atoms with Crippen LogP contribution in [0.2, 0.25) is 0 Å². The second-order valence-electron chi connectivity index (χ2n) is 3.90. The Labute approximate surface area is 73.6 Å². The van der Waals surface area contributed by atoms with Crippen LogP contribution in [0.4, 0.5) is 0 Å². The predicted octanol–water partition coefficient (Wildman–Crippen LogP) is 2.63. The molecule has 0 atom stereocenters. The second-order valence-corrected chi connectivity index (χ2v) is 3.90. The molecule has 0 N–H and O–H groups in total. The van der Waals surface area contributed by atoms with Crippen LogP contribution >= 0.6 is 0 Å². The van der Waals surface area contributed by atoms with Crippen molar-refractivity contribution in [2.75, 3.05) is 0 Å². The van der Waals surface area contributed by atoms with Gasteiger partial charge in [-0.1, -0.05) is 6.92 Å². The first-order chi connectivity index (χ1) is 5.86. The molecule has 0 bridgehead atoms. The lowest BCUT2D eigenvalue weighted by Gasteiger charge is -2.26. The first-order valence-electron chi connectivity index (χ1n) is 4.85. The molecule has 1 saturated carbocycles. The van der Waals surface area contributed by atoms with Crippen molar-refractivity contribution in [1.82, 2.24) is 9.78 Å². The fourth-order valence-electron chi connectivity index (χ4n) is 2.00. The fraction of sp³-hybridized carbons (Fsp3) is 0.700. The molecule has 0 radical (unpaired) electrons. The third-order valence-electron chi connectivity index (χ3n) is 2.88. The average molecular weight is 164 g/mol. The minimum atomic E-state index is 0.677. The summed E-state index contributed by atoms with van der Waals surface area (Å²) in [5.74, 6) is 0.928. The monoisotopic (exact) mass is 164 g/mol. The SMILES string of the molecule is CC1CCC(n2cccn2)CC1. The zero-order chi connectivity index (χ0) is 8.39. The number of aromatic nitrogens is 2. The molecule has 0 amide bonds. The van der Waals surface area contributed by atoms with E-state index in [9.17, 15) is 0 Å². The standard InChI is InChI=1S/C10H16N2/c1-9-3-5-10(6-4-9)12-8-2-7-11-12/h2,7-10H,3-6H2,1H3. The van der Waals surface area contributed by atoms with Gasteiger partial charge in [0.05, 0.1) is 6.04 Å². The van der Waals surface area contributed by atoms with E-state index in [4.69, 9.17) is 0 Å². The quantitative estimate of drug-likeness (QED) is 0.624. The molecule has 1 aliphatic rings. The van der Waals surface area contributed by atoms with E-state index in [2.05, 4.69) is 22.9 Å². The highest BCUT2D eigenvalue weighted by molar-refractivity contribution is 4.83. The normalized spacial score (nSPS) is 30.4. The van der Waals surface area contributed by atoms with E-state index in [1.807, 2.05) is 12.3 Å². The average Bonchev–Trinajstić information content (AvgIpc) is 2.58. The number of hydrogen-bond acceptors (Lipinski definition) is 1. The molecule has 66 valence electrons. The lowest BCUT2D eigenvalue weighted by molar-refractivity contribution is 0.274. The third-order valence-corrected chi connectivity index (χ3v) is 2.88. The van der Waals surface area contributed by atoms with E-state index in [1.165, 1.54) is 25.7 Å². The van der Waals surface area contributed by atoms with E-state index in [0.29, 0.717) is 6.04 Å². The van der Waals surface area contributed by atoms with Crippen LogP contribution in [-0.2, 0) is 0 Å². The number of hydrogen-bond donors (Lipinski definition) is 0. The summed E-state index contributed by atoms with van der Waals surface area (Å²) in [5.41, 5.74) is 0. The molecular weight excluding hydrogens is 148 g/mol. The molecule has 1 aliphatic carbocycles. The van der Waals surface area contributed by atoms with Crippen LogP contribution in [-0.4, -0.2) is 9.78 Å².